The smallest absolute Gasteiger partial charge is 0.296 e. The van der Waals surface area contributed by atoms with E-state index in [1.807, 2.05) is 4.90 Å². The lowest BCUT2D eigenvalue weighted by Gasteiger charge is -2.27. The van der Waals surface area contributed by atoms with Gasteiger partial charge in [-0.05, 0) is 12.1 Å². The zero-order chi connectivity index (χ0) is 23.7. The number of nitrogens with one attached hydrogen (secondary N) is 1. The molecule has 12 nitrogen and oxygen atoms in total. The number of hydrogen-bond acceptors (Lipinski definition) is 11. The molecule has 0 bridgehead atoms. The highest BCUT2D eigenvalue weighted by molar-refractivity contribution is 5.84. The molecule has 1 aliphatic heterocycles. The number of nitrogens with two attached hydrogens (primary N) is 1. The van der Waals surface area contributed by atoms with E-state index in [2.05, 4.69) is 35.2 Å². The van der Waals surface area contributed by atoms with Crippen LogP contribution in [0.2, 0.25) is 0 Å². The molecule has 14 heteroatoms. The summed E-state index contributed by atoms with van der Waals surface area (Å²) in [6.45, 7) is 2.04. The monoisotopic (exact) mass is 470 g/mol. The summed E-state index contributed by atoms with van der Waals surface area (Å²) in [4.78, 5) is 27.5. The molecule has 5 rings (SSSR count). The molecule has 1 aromatic carbocycles. The summed E-state index contributed by atoms with van der Waals surface area (Å²) in [6, 6.07) is 4.98. The molecule has 1 aliphatic rings. The number of nitrogens with zero attached hydrogens (tertiary/aromatic N) is 8. The summed E-state index contributed by atoms with van der Waals surface area (Å²) in [7, 11) is 1.45. The van der Waals surface area contributed by atoms with Crippen LogP contribution in [0.15, 0.2) is 30.6 Å². The first kappa shape index (κ1) is 21.6. The van der Waals surface area contributed by atoms with Crippen LogP contribution in [0.4, 0.5) is 32.3 Å². The van der Waals surface area contributed by atoms with Crippen LogP contribution in [-0.4, -0.2) is 67.9 Å². The SMILES string of the molecule is COc1cccc2c1nc(C(F)F)n2-c1nc(Nc2cnc(N)cn2)nc(N2CCOCC2)n1. The van der Waals surface area contributed by atoms with Crippen molar-refractivity contribution in [2.24, 2.45) is 0 Å². The summed E-state index contributed by atoms with van der Waals surface area (Å²) in [5.74, 6) is 0.767. The van der Waals surface area contributed by atoms with Crippen LogP contribution >= 0.6 is 0 Å². The predicted octanol–water partition coefficient (Wildman–Crippen LogP) is 2.11. The number of benzene rings is 1. The second kappa shape index (κ2) is 8.97. The molecule has 4 aromatic rings. The molecule has 0 radical (unpaired) electrons. The first-order chi connectivity index (χ1) is 16.5. The number of ether oxygens (including phenoxy) is 2. The van der Waals surface area contributed by atoms with Crippen molar-refractivity contribution in [2.45, 2.75) is 6.43 Å². The number of anilines is 4. The number of para-hydroxylation sites is 1. The van der Waals surface area contributed by atoms with E-state index >= 15 is 0 Å². The van der Waals surface area contributed by atoms with E-state index in [1.165, 1.54) is 24.1 Å². The molecule has 34 heavy (non-hydrogen) atoms. The number of halogens is 2. The maximum atomic E-state index is 14.1. The lowest BCUT2D eigenvalue weighted by Crippen LogP contribution is -2.37. The predicted molar refractivity (Wildman–Crippen MR) is 119 cm³/mol. The third-order valence-corrected chi connectivity index (χ3v) is 5.11. The number of aromatic nitrogens is 7. The highest BCUT2D eigenvalue weighted by Crippen LogP contribution is 2.32. The fraction of sp³-hybridized carbons (Fsp3) is 0.300. The number of nitrogen functional groups attached to an aromatic ring is 1. The first-order valence-corrected chi connectivity index (χ1v) is 10.3. The Bertz CT molecular complexity index is 1310. The minimum absolute atomic E-state index is 0.0338. The highest BCUT2D eigenvalue weighted by atomic mass is 19.3. The number of methoxy groups -OCH3 is 1. The molecule has 0 aliphatic carbocycles. The Morgan fingerprint density at radius 3 is 2.56 bits per heavy atom. The quantitative estimate of drug-likeness (QED) is 0.428. The van der Waals surface area contributed by atoms with Gasteiger partial charge in [-0.1, -0.05) is 6.07 Å². The summed E-state index contributed by atoms with van der Waals surface area (Å²) in [6.07, 6.45) is -0.104. The van der Waals surface area contributed by atoms with Crippen molar-refractivity contribution in [1.82, 2.24) is 34.5 Å². The van der Waals surface area contributed by atoms with E-state index in [4.69, 9.17) is 15.2 Å². The van der Waals surface area contributed by atoms with Gasteiger partial charge in [-0.2, -0.15) is 15.0 Å². The summed E-state index contributed by atoms with van der Waals surface area (Å²) in [5.41, 5.74) is 6.24. The van der Waals surface area contributed by atoms with E-state index in [0.29, 0.717) is 49.3 Å². The molecule has 0 amide bonds. The largest absolute Gasteiger partial charge is 0.494 e. The minimum Gasteiger partial charge on any atom is -0.494 e. The van der Waals surface area contributed by atoms with Crippen LogP contribution in [0, 0.1) is 0 Å². The van der Waals surface area contributed by atoms with Crippen LogP contribution in [0.1, 0.15) is 12.2 Å². The standard InChI is InChI=1S/C20H20F2N10O2/c1-33-12-4-2-3-11-15(12)27-17(16(21)22)32(11)20-29-18(26-14-10-24-13(23)9-25-14)28-19(30-20)31-5-7-34-8-6-31/h2-4,9-10,16H,5-8H2,1H3,(H2,23,24)(H,25,26,28,29,30). The van der Waals surface area contributed by atoms with Crippen molar-refractivity contribution in [3.8, 4) is 11.7 Å². The van der Waals surface area contributed by atoms with Gasteiger partial charge in [0.2, 0.25) is 17.8 Å². The summed E-state index contributed by atoms with van der Waals surface area (Å²) >= 11 is 0. The number of rotatable bonds is 6. The van der Waals surface area contributed by atoms with Crippen molar-refractivity contribution in [3.63, 3.8) is 0 Å². The van der Waals surface area contributed by atoms with E-state index in [-0.39, 0.29) is 23.2 Å². The van der Waals surface area contributed by atoms with E-state index in [9.17, 15) is 8.78 Å². The number of hydrogen-bond donors (Lipinski definition) is 2. The van der Waals surface area contributed by atoms with Gasteiger partial charge < -0.3 is 25.4 Å². The third kappa shape index (κ3) is 4.10. The van der Waals surface area contributed by atoms with Gasteiger partial charge in [-0.25, -0.2) is 23.7 Å². The molecule has 3 aromatic heterocycles. The van der Waals surface area contributed by atoms with Crippen LogP contribution < -0.4 is 20.7 Å². The number of imidazole rings is 1. The fourth-order valence-corrected chi connectivity index (χ4v) is 3.54. The lowest BCUT2D eigenvalue weighted by atomic mass is 10.3. The van der Waals surface area contributed by atoms with E-state index in [1.54, 1.807) is 18.2 Å². The van der Waals surface area contributed by atoms with Gasteiger partial charge in [0, 0.05) is 13.1 Å². The van der Waals surface area contributed by atoms with Crippen molar-refractivity contribution < 1.29 is 18.3 Å². The van der Waals surface area contributed by atoms with Gasteiger partial charge in [-0.15, -0.1) is 0 Å². The molecule has 176 valence electrons. The average Bonchev–Trinajstić information content (AvgIpc) is 3.26. The van der Waals surface area contributed by atoms with Gasteiger partial charge in [0.25, 0.3) is 6.43 Å². The molecule has 1 fully saturated rings. The van der Waals surface area contributed by atoms with Crippen molar-refractivity contribution in [3.05, 3.63) is 36.4 Å². The second-order valence-electron chi connectivity index (χ2n) is 7.24. The zero-order valence-corrected chi connectivity index (χ0v) is 18.0. The number of alkyl halides is 2. The van der Waals surface area contributed by atoms with Crippen molar-refractivity contribution >= 4 is 34.6 Å². The molecule has 1 saturated heterocycles. The van der Waals surface area contributed by atoms with Crippen molar-refractivity contribution in [2.75, 3.05) is 49.4 Å². The maximum Gasteiger partial charge on any atom is 0.296 e. The average molecular weight is 470 g/mol. The molecular weight excluding hydrogens is 450 g/mol. The van der Waals surface area contributed by atoms with Crippen LogP contribution in [0.5, 0.6) is 5.75 Å². The molecule has 4 heterocycles. The highest BCUT2D eigenvalue weighted by Gasteiger charge is 2.25. The normalized spacial score (nSPS) is 14.1. The molecule has 0 saturated carbocycles. The minimum atomic E-state index is -2.89. The van der Waals surface area contributed by atoms with Gasteiger partial charge in [-0.3, -0.25) is 4.57 Å². The molecule has 0 unspecified atom stereocenters. The Hall–Kier alpha value is -4.20. The van der Waals surface area contributed by atoms with E-state index in [0.717, 1.165) is 0 Å². The Balaban J connectivity index is 1.68. The Kier molecular flexibility index (Phi) is 5.71. The van der Waals surface area contributed by atoms with Crippen molar-refractivity contribution in [1.29, 1.82) is 0 Å². The van der Waals surface area contributed by atoms with Gasteiger partial charge in [0.1, 0.15) is 17.1 Å². The third-order valence-electron chi connectivity index (χ3n) is 5.11. The number of fused-ring (bicyclic) bond motifs is 1. The number of morpholine rings is 1. The molecular formula is C20H20F2N10O2. The van der Waals surface area contributed by atoms with Crippen LogP contribution in [-0.2, 0) is 4.74 Å². The topological polar surface area (TPSA) is 142 Å². The van der Waals surface area contributed by atoms with Crippen LogP contribution in [0.25, 0.3) is 17.0 Å². The van der Waals surface area contributed by atoms with Gasteiger partial charge in [0.05, 0.1) is 38.2 Å². The first-order valence-electron chi connectivity index (χ1n) is 10.3. The maximum absolute atomic E-state index is 14.1. The lowest BCUT2D eigenvalue weighted by molar-refractivity contribution is 0.122. The second-order valence-corrected chi connectivity index (χ2v) is 7.24. The van der Waals surface area contributed by atoms with Gasteiger partial charge >= 0.3 is 0 Å². The van der Waals surface area contributed by atoms with Crippen LogP contribution in [0.3, 0.4) is 0 Å². The Morgan fingerprint density at radius 1 is 1.06 bits per heavy atom. The Labute approximate surface area is 191 Å². The molecule has 0 spiro atoms. The molecule has 0 atom stereocenters. The molecule has 3 N–H and O–H groups in total. The van der Waals surface area contributed by atoms with E-state index < -0.39 is 12.2 Å². The zero-order valence-electron chi connectivity index (χ0n) is 18.0. The van der Waals surface area contributed by atoms with Gasteiger partial charge in [0.15, 0.2) is 11.6 Å². The summed E-state index contributed by atoms with van der Waals surface area (Å²) in [5, 5.41) is 2.94. The summed E-state index contributed by atoms with van der Waals surface area (Å²) < 4.78 is 40.0. The fourth-order valence-electron chi connectivity index (χ4n) is 3.54. The Morgan fingerprint density at radius 2 is 1.85 bits per heavy atom.